The van der Waals surface area contributed by atoms with Crippen LogP contribution in [0.2, 0.25) is 0 Å². The molecular formula is C26H30N4O2. The van der Waals surface area contributed by atoms with Gasteiger partial charge in [0.05, 0.1) is 12.8 Å². The first-order valence-corrected chi connectivity index (χ1v) is 11.2. The molecule has 0 aliphatic carbocycles. The third-order valence-corrected chi connectivity index (χ3v) is 6.19. The molecule has 0 bridgehead atoms. The number of carbonyl (C=O) groups excluding carboxylic acids is 1. The van der Waals surface area contributed by atoms with Gasteiger partial charge in [0, 0.05) is 36.8 Å². The molecule has 4 rings (SSSR count). The second kappa shape index (κ2) is 9.81. The molecule has 6 heteroatoms. The van der Waals surface area contributed by atoms with Crippen LogP contribution < -0.4 is 14.5 Å². The van der Waals surface area contributed by atoms with Crippen LogP contribution in [0.4, 0.5) is 11.5 Å². The molecule has 0 unspecified atom stereocenters. The van der Waals surface area contributed by atoms with E-state index in [0.29, 0.717) is 6.54 Å². The number of aromatic nitrogens is 2. The molecule has 1 aliphatic rings. The lowest BCUT2D eigenvalue weighted by Gasteiger charge is -2.34. The molecule has 6 nitrogen and oxygen atoms in total. The lowest BCUT2D eigenvalue weighted by Crippen LogP contribution is -2.43. The predicted octanol–water partition coefficient (Wildman–Crippen LogP) is 4.73. The average molecular weight is 431 g/mol. The molecule has 2 heterocycles. The van der Waals surface area contributed by atoms with Crippen molar-refractivity contribution in [2.75, 3.05) is 36.5 Å². The van der Waals surface area contributed by atoms with Crippen LogP contribution in [0.3, 0.4) is 0 Å². The number of amides is 1. The van der Waals surface area contributed by atoms with Gasteiger partial charge in [-0.1, -0.05) is 30.3 Å². The van der Waals surface area contributed by atoms with E-state index in [9.17, 15) is 4.79 Å². The SMILES string of the molecule is CCN(C(=O)C1CCN(c2ccc(-c3ccccc3OC)nn2)CC1)c1ccccc1C. The summed E-state index contributed by atoms with van der Waals surface area (Å²) in [6, 6.07) is 19.9. The third kappa shape index (κ3) is 4.44. The minimum atomic E-state index is 0.0339. The molecule has 0 spiro atoms. The monoisotopic (exact) mass is 430 g/mol. The van der Waals surface area contributed by atoms with Crippen LogP contribution in [0.1, 0.15) is 25.3 Å². The number of aryl methyl sites for hydroxylation is 1. The number of piperidine rings is 1. The zero-order valence-electron chi connectivity index (χ0n) is 19.0. The summed E-state index contributed by atoms with van der Waals surface area (Å²) in [5, 5.41) is 8.89. The van der Waals surface area contributed by atoms with Crippen molar-refractivity contribution in [2.24, 2.45) is 5.92 Å². The molecule has 1 aromatic heterocycles. The summed E-state index contributed by atoms with van der Waals surface area (Å²) in [7, 11) is 1.66. The highest BCUT2D eigenvalue weighted by Crippen LogP contribution is 2.30. The standard InChI is InChI=1S/C26H30N4O2/c1-4-30(23-11-7-5-9-19(23)2)26(31)20-15-17-29(18-16-20)25-14-13-22(27-28-25)21-10-6-8-12-24(21)32-3/h5-14,20H,4,15-18H2,1-3H3. The molecule has 3 aromatic rings. The molecule has 1 saturated heterocycles. The van der Waals surface area contributed by atoms with Gasteiger partial charge in [-0.05, 0) is 62.6 Å². The van der Waals surface area contributed by atoms with E-state index in [1.54, 1.807) is 7.11 Å². The Balaban J connectivity index is 1.41. The fraction of sp³-hybridized carbons (Fsp3) is 0.346. The molecular weight excluding hydrogens is 400 g/mol. The highest BCUT2D eigenvalue weighted by Gasteiger charge is 2.29. The molecule has 1 amide bonds. The number of hydrogen-bond acceptors (Lipinski definition) is 5. The number of benzene rings is 2. The van der Waals surface area contributed by atoms with E-state index >= 15 is 0 Å². The number of methoxy groups -OCH3 is 1. The molecule has 0 saturated carbocycles. The Kier molecular flexibility index (Phi) is 6.69. The van der Waals surface area contributed by atoms with Crippen molar-refractivity contribution in [1.29, 1.82) is 0 Å². The van der Waals surface area contributed by atoms with Crippen LogP contribution in [0.25, 0.3) is 11.3 Å². The summed E-state index contributed by atoms with van der Waals surface area (Å²) < 4.78 is 5.43. The van der Waals surface area contributed by atoms with Crippen molar-refractivity contribution >= 4 is 17.4 Å². The van der Waals surface area contributed by atoms with E-state index in [1.165, 1.54) is 0 Å². The van der Waals surface area contributed by atoms with Crippen LogP contribution in [0.15, 0.2) is 60.7 Å². The summed E-state index contributed by atoms with van der Waals surface area (Å²) >= 11 is 0. The van der Waals surface area contributed by atoms with Gasteiger partial charge in [0.1, 0.15) is 5.75 Å². The maximum atomic E-state index is 13.3. The summed E-state index contributed by atoms with van der Waals surface area (Å²) in [5.41, 5.74) is 3.85. The van der Waals surface area contributed by atoms with Crippen molar-refractivity contribution in [3.05, 3.63) is 66.2 Å². The molecule has 0 N–H and O–H groups in total. The van der Waals surface area contributed by atoms with Crippen LogP contribution in [0, 0.1) is 12.8 Å². The van der Waals surface area contributed by atoms with Crippen molar-refractivity contribution in [2.45, 2.75) is 26.7 Å². The van der Waals surface area contributed by atoms with Gasteiger partial charge >= 0.3 is 0 Å². The van der Waals surface area contributed by atoms with Crippen LogP contribution in [-0.4, -0.2) is 42.8 Å². The topological polar surface area (TPSA) is 58.6 Å². The number of nitrogens with zero attached hydrogens (tertiary/aromatic N) is 4. The van der Waals surface area contributed by atoms with Crippen molar-refractivity contribution in [1.82, 2.24) is 10.2 Å². The van der Waals surface area contributed by atoms with E-state index in [2.05, 4.69) is 28.1 Å². The second-order valence-electron chi connectivity index (χ2n) is 8.11. The predicted molar refractivity (Wildman–Crippen MR) is 128 cm³/mol. The third-order valence-electron chi connectivity index (χ3n) is 6.19. The van der Waals surface area contributed by atoms with Crippen molar-refractivity contribution in [3.8, 4) is 17.0 Å². The summed E-state index contributed by atoms with van der Waals surface area (Å²) in [5.74, 6) is 1.88. The lowest BCUT2D eigenvalue weighted by molar-refractivity contribution is -0.122. The van der Waals surface area contributed by atoms with Crippen LogP contribution in [0.5, 0.6) is 5.75 Å². The van der Waals surface area contributed by atoms with Crippen molar-refractivity contribution in [3.63, 3.8) is 0 Å². The smallest absolute Gasteiger partial charge is 0.230 e. The van der Waals surface area contributed by atoms with Gasteiger partial charge in [-0.2, -0.15) is 0 Å². The highest BCUT2D eigenvalue weighted by molar-refractivity contribution is 5.95. The van der Waals surface area contributed by atoms with E-state index in [1.807, 2.05) is 66.4 Å². The zero-order chi connectivity index (χ0) is 22.5. The number of hydrogen-bond donors (Lipinski definition) is 0. The second-order valence-corrected chi connectivity index (χ2v) is 8.11. The Morgan fingerprint density at radius 2 is 1.75 bits per heavy atom. The Morgan fingerprint density at radius 1 is 1.03 bits per heavy atom. The minimum Gasteiger partial charge on any atom is -0.496 e. The van der Waals surface area contributed by atoms with Gasteiger partial charge in [-0.15, -0.1) is 10.2 Å². The minimum absolute atomic E-state index is 0.0339. The normalized spacial score (nSPS) is 14.3. The van der Waals surface area contributed by atoms with E-state index in [0.717, 1.165) is 60.0 Å². The number of rotatable bonds is 6. The molecule has 166 valence electrons. The molecule has 1 fully saturated rings. The van der Waals surface area contributed by atoms with E-state index in [4.69, 9.17) is 4.74 Å². The zero-order valence-corrected chi connectivity index (χ0v) is 19.0. The van der Waals surface area contributed by atoms with Crippen LogP contribution in [-0.2, 0) is 4.79 Å². The molecule has 2 aromatic carbocycles. The van der Waals surface area contributed by atoms with Gasteiger partial charge in [0.2, 0.25) is 5.91 Å². The largest absolute Gasteiger partial charge is 0.496 e. The first-order chi connectivity index (χ1) is 15.6. The summed E-state index contributed by atoms with van der Waals surface area (Å²) in [6.45, 7) is 6.37. The van der Waals surface area contributed by atoms with Gasteiger partial charge < -0.3 is 14.5 Å². The molecule has 32 heavy (non-hydrogen) atoms. The van der Waals surface area contributed by atoms with Gasteiger partial charge in [0.25, 0.3) is 0 Å². The Labute approximate surface area is 189 Å². The fourth-order valence-corrected chi connectivity index (χ4v) is 4.38. The van der Waals surface area contributed by atoms with E-state index < -0.39 is 0 Å². The fourth-order valence-electron chi connectivity index (χ4n) is 4.38. The quantitative estimate of drug-likeness (QED) is 0.566. The average Bonchev–Trinajstić information content (AvgIpc) is 2.85. The van der Waals surface area contributed by atoms with Crippen molar-refractivity contribution < 1.29 is 9.53 Å². The first-order valence-electron chi connectivity index (χ1n) is 11.2. The summed E-state index contributed by atoms with van der Waals surface area (Å²) in [4.78, 5) is 17.4. The molecule has 0 atom stereocenters. The lowest BCUT2D eigenvalue weighted by atomic mass is 9.94. The number of ether oxygens (including phenoxy) is 1. The van der Waals surface area contributed by atoms with Gasteiger partial charge in [-0.25, -0.2) is 0 Å². The molecule has 0 radical (unpaired) electrons. The first kappa shape index (κ1) is 21.8. The highest BCUT2D eigenvalue weighted by atomic mass is 16.5. The summed E-state index contributed by atoms with van der Waals surface area (Å²) in [6.07, 6.45) is 1.63. The molecule has 1 aliphatic heterocycles. The van der Waals surface area contributed by atoms with Gasteiger partial charge in [0.15, 0.2) is 5.82 Å². The number of anilines is 2. The van der Waals surface area contributed by atoms with E-state index in [-0.39, 0.29) is 11.8 Å². The Morgan fingerprint density at radius 3 is 2.41 bits per heavy atom. The number of para-hydroxylation sites is 2. The Bertz CT molecular complexity index is 1060. The van der Waals surface area contributed by atoms with Gasteiger partial charge in [-0.3, -0.25) is 4.79 Å². The maximum absolute atomic E-state index is 13.3. The maximum Gasteiger partial charge on any atom is 0.230 e. The Hall–Kier alpha value is -3.41. The number of carbonyl (C=O) groups is 1. The van der Waals surface area contributed by atoms with Crippen LogP contribution >= 0.6 is 0 Å².